The Bertz CT molecular complexity index is 651. The summed E-state index contributed by atoms with van der Waals surface area (Å²) in [5, 5.41) is 14.6. The van der Waals surface area contributed by atoms with E-state index in [0.29, 0.717) is 18.5 Å². The van der Waals surface area contributed by atoms with Crippen molar-refractivity contribution in [3.8, 4) is 5.69 Å². The summed E-state index contributed by atoms with van der Waals surface area (Å²) in [4.78, 5) is 14.6. The van der Waals surface area contributed by atoms with Gasteiger partial charge in [-0.3, -0.25) is 4.79 Å². The van der Waals surface area contributed by atoms with Crippen LogP contribution < -0.4 is 5.32 Å². The highest BCUT2D eigenvalue weighted by molar-refractivity contribution is 5.85. The first-order valence-electron chi connectivity index (χ1n) is 7.65. The molecule has 5 rings (SSSR count). The number of nitrogens with zero attached hydrogens (tertiary/aromatic N) is 5. The van der Waals surface area contributed by atoms with Crippen molar-refractivity contribution < 1.29 is 4.79 Å². The molecular formula is C15H19ClN6O. The lowest BCUT2D eigenvalue weighted by atomic mass is 9.92. The topological polar surface area (TPSA) is 75.9 Å². The minimum atomic E-state index is 0. The second kappa shape index (κ2) is 6.64. The molecule has 3 aliphatic rings. The van der Waals surface area contributed by atoms with Crippen molar-refractivity contribution in [3.63, 3.8) is 0 Å². The molecule has 3 fully saturated rings. The molecule has 0 spiro atoms. The predicted octanol–water partition coefficient (Wildman–Crippen LogP) is 0.589. The Morgan fingerprint density at radius 1 is 1.26 bits per heavy atom. The molecule has 7 nitrogen and oxygen atoms in total. The molecule has 122 valence electrons. The number of carbonyl (C=O) groups excluding carboxylic acids is 1. The zero-order chi connectivity index (χ0) is 14.9. The Kier molecular flexibility index (Phi) is 4.58. The Hall–Kier alpha value is -1.99. The molecule has 0 radical (unpaired) electrons. The minimum Gasteiger partial charge on any atom is -0.337 e. The number of carbonyl (C=O) groups is 1. The fourth-order valence-electron chi connectivity index (χ4n) is 3.34. The van der Waals surface area contributed by atoms with Crippen LogP contribution in [0.5, 0.6) is 0 Å². The summed E-state index contributed by atoms with van der Waals surface area (Å²) < 4.78 is 1.60. The van der Waals surface area contributed by atoms with Crippen molar-refractivity contribution in [2.75, 3.05) is 13.1 Å². The molecule has 2 atom stereocenters. The van der Waals surface area contributed by atoms with Crippen molar-refractivity contribution in [2.24, 2.45) is 0 Å². The molecular weight excluding hydrogens is 316 g/mol. The van der Waals surface area contributed by atoms with Gasteiger partial charge in [-0.05, 0) is 41.0 Å². The number of hydrogen-bond donors (Lipinski definition) is 1. The highest BCUT2D eigenvalue weighted by Gasteiger charge is 2.35. The van der Waals surface area contributed by atoms with Gasteiger partial charge in [-0.2, -0.15) is 0 Å². The number of piperidine rings is 2. The normalized spacial score (nSPS) is 22.7. The Labute approximate surface area is 140 Å². The van der Waals surface area contributed by atoms with Gasteiger partial charge < -0.3 is 10.2 Å². The van der Waals surface area contributed by atoms with Crippen LogP contribution in [0.1, 0.15) is 18.4 Å². The first-order valence-corrected chi connectivity index (χ1v) is 7.65. The van der Waals surface area contributed by atoms with Gasteiger partial charge in [0.05, 0.1) is 12.1 Å². The van der Waals surface area contributed by atoms with Gasteiger partial charge in [-0.25, -0.2) is 4.68 Å². The molecule has 2 bridgehead atoms. The van der Waals surface area contributed by atoms with Gasteiger partial charge in [-0.1, -0.05) is 12.1 Å². The lowest BCUT2D eigenvalue weighted by Gasteiger charge is -2.46. The molecule has 4 heterocycles. The fourth-order valence-corrected chi connectivity index (χ4v) is 3.34. The molecule has 0 saturated carbocycles. The van der Waals surface area contributed by atoms with Crippen molar-refractivity contribution in [1.82, 2.24) is 30.4 Å². The summed E-state index contributed by atoms with van der Waals surface area (Å²) in [6, 6.07) is 8.66. The molecule has 1 aromatic carbocycles. The van der Waals surface area contributed by atoms with Gasteiger partial charge in [0.15, 0.2) is 0 Å². The van der Waals surface area contributed by atoms with Gasteiger partial charge in [0.2, 0.25) is 5.91 Å². The molecule has 2 aromatic rings. The molecule has 23 heavy (non-hydrogen) atoms. The zero-order valence-electron chi connectivity index (χ0n) is 12.6. The maximum atomic E-state index is 12.5. The van der Waals surface area contributed by atoms with Crippen molar-refractivity contribution in [1.29, 1.82) is 0 Å². The van der Waals surface area contributed by atoms with E-state index in [2.05, 4.69) is 25.7 Å². The largest absolute Gasteiger partial charge is 0.337 e. The van der Waals surface area contributed by atoms with Crippen LogP contribution in [-0.2, 0) is 11.2 Å². The second-order valence-electron chi connectivity index (χ2n) is 5.98. The molecule has 3 aliphatic heterocycles. The lowest BCUT2D eigenvalue weighted by Crippen LogP contribution is -2.62. The van der Waals surface area contributed by atoms with Crippen LogP contribution in [0.2, 0.25) is 0 Å². The molecule has 2 unspecified atom stereocenters. The number of piperazine rings is 1. The fraction of sp³-hybridized carbons (Fsp3) is 0.467. The standard InChI is InChI=1S/C15H18N6O.ClH/c22-15(20-9-12-3-6-14(20)8-16-12)7-11-1-4-13(5-2-11)21-10-17-18-19-21;/h1-2,4-5,10,12,14,16H,3,6-9H2;1H. The third-order valence-electron chi connectivity index (χ3n) is 4.57. The van der Waals surface area contributed by atoms with Crippen molar-refractivity contribution in [3.05, 3.63) is 36.2 Å². The average Bonchev–Trinajstić information content (AvgIpc) is 3.11. The monoisotopic (exact) mass is 334 g/mol. The Balaban J connectivity index is 0.00000156. The van der Waals surface area contributed by atoms with Crippen molar-refractivity contribution in [2.45, 2.75) is 31.3 Å². The number of aromatic nitrogens is 4. The summed E-state index contributed by atoms with van der Waals surface area (Å²) in [7, 11) is 0. The Morgan fingerprint density at radius 3 is 2.65 bits per heavy atom. The van der Waals surface area contributed by atoms with E-state index in [-0.39, 0.29) is 18.3 Å². The second-order valence-corrected chi connectivity index (χ2v) is 5.98. The maximum Gasteiger partial charge on any atom is 0.227 e. The van der Waals surface area contributed by atoms with Crippen LogP contribution in [0.15, 0.2) is 30.6 Å². The highest BCUT2D eigenvalue weighted by atomic mass is 35.5. The van der Waals surface area contributed by atoms with Gasteiger partial charge in [0.1, 0.15) is 6.33 Å². The van der Waals surface area contributed by atoms with Gasteiger partial charge in [0.25, 0.3) is 0 Å². The Morgan fingerprint density at radius 2 is 2.09 bits per heavy atom. The third kappa shape index (κ3) is 3.20. The van der Waals surface area contributed by atoms with E-state index in [4.69, 9.17) is 0 Å². The number of fused-ring (bicyclic) bond motifs is 3. The first-order chi connectivity index (χ1) is 10.8. The van der Waals surface area contributed by atoms with E-state index in [1.54, 1.807) is 11.0 Å². The van der Waals surface area contributed by atoms with Crippen LogP contribution in [-0.4, -0.2) is 56.2 Å². The highest BCUT2D eigenvalue weighted by Crippen LogP contribution is 2.23. The maximum absolute atomic E-state index is 12.5. The summed E-state index contributed by atoms with van der Waals surface area (Å²) >= 11 is 0. The van der Waals surface area contributed by atoms with E-state index < -0.39 is 0 Å². The predicted molar refractivity (Wildman–Crippen MR) is 86.6 cm³/mol. The van der Waals surface area contributed by atoms with Gasteiger partial charge in [0, 0.05) is 25.2 Å². The van der Waals surface area contributed by atoms with Gasteiger partial charge in [-0.15, -0.1) is 17.5 Å². The molecule has 3 saturated heterocycles. The number of benzene rings is 1. The number of hydrogen-bond acceptors (Lipinski definition) is 5. The number of halogens is 1. The number of rotatable bonds is 3. The van der Waals surface area contributed by atoms with E-state index >= 15 is 0 Å². The van der Waals surface area contributed by atoms with Crippen LogP contribution in [0.3, 0.4) is 0 Å². The average molecular weight is 335 g/mol. The minimum absolute atomic E-state index is 0. The number of nitrogens with one attached hydrogen (secondary N) is 1. The summed E-state index contributed by atoms with van der Waals surface area (Å²) in [5.74, 6) is 0.228. The summed E-state index contributed by atoms with van der Waals surface area (Å²) in [6.45, 7) is 1.79. The summed E-state index contributed by atoms with van der Waals surface area (Å²) in [5.41, 5.74) is 1.92. The third-order valence-corrected chi connectivity index (χ3v) is 4.57. The smallest absolute Gasteiger partial charge is 0.227 e. The number of amides is 1. The lowest BCUT2D eigenvalue weighted by molar-refractivity contribution is -0.136. The SMILES string of the molecule is Cl.O=C(Cc1ccc(-n2cnnn2)cc1)N1CC2CCC1CN2. The zero-order valence-corrected chi connectivity index (χ0v) is 13.4. The van der Waals surface area contributed by atoms with Crippen molar-refractivity contribution >= 4 is 18.3 Å². The number of tetrazole rings is 1. The van der Waals surface area contributed by atoms with Crippen LogP contribution in [0.4, 0.5) is 0 Å². The van der Waals surface area contributed by atoms with Crippen LogP contribution in [0.25, 0.3) is 5.69 Å². The molecule has 1 N–H and O–H groups in total. The summed E-state index contributed by atoms with van der Waals surface area (Å²) in [6.07, 6.45) is 4.33. The van der Waals surface area contributed by atoms with Gasteiger partial charge >= 0.3 is 0 Å². The molecule has 0 aliphatic carbocycles. The van der Waals surface area contributed by atoms with E-state index in [9.17, 15) is 4.79 Å². The van der Waals surface area contributed by atoms with E-state index in [0.717, 1.165) is 30.8 Å². The molecule has 1 aromatic heterocycles. The molecule has 1 amide bonds. The van der Waals surface area contributed by atoms with E-state index in [1.165, 1.54) is 6.42 Å². The van der Waals surface area contributed by atoms with Crippen LogP contribution in [0, 0.1) is 0 Å². The first kappa shape index (κ1) is 15.9. The molecule has 8 heteroatoms. The quantitative estimate of drug-likeness (QED) is 0.889. The van der Waals surface area contributed by atoms with Crippen LogP contribution >= 0.6 is 12.4 Å². The van der Waals surface area contributed by atoms with E-state index in [1.807, 2.05) is 24.3 Å².